The maximum atomic E-state index is 12.4. The summed E-state index contributed by atoms with van der Waals surface area (Å²) in [5.74, 6) is -0.861. The number of nitro groups is 1. The lowest BCUT2D eigenvalue weighted by atomic mass is 10.1. The molecule has 2 amide bonds. The molecule has 8 heteroatoms. The summed E-state index contributed by atoms with van der Waals surface area (Å²) in [6, 6.07) is 17.5. The van der Waals surface area contributed by atoms with Crippen LogP contribution in [0.4, 0.5) is 11.4 Å². The maximum absolute atomic E-state index is 12.4. The van der Waals surface area contributed by atoms with Crippen LogP contribution < -0.4 is 10.7 Å². The fourth-order valence-corrected chi connectivity index (χ4v) is 2.96. The van der Waals surface area contributed by atoms with Gasteiger partial charge in [0, 0.05) is 34.0 Å². The highest BCUT2D eigenvalue weighted by Gasteiger charge is 2.15. The second-order valence-electron chi connectivity index (χ2n) is 6.80. The predicted octanol–water partition coefficient (Wildman–Crippen LogP) is 4.19. The van der Waals surface area contributed by atoms with Crippen molar-refractivity contribution in [1.82, 2.24) is 5.43 Å². The fraction of sp³-hybridized carbons (Fsp3) is 0.136. The van der Waals surface area contributed by atoms with Gasteiger partial charge in [-0.3, -0.25) is 19.7 Å². The van der Waals surface area contributed by atoms with Gasteiger partial charge in [0.15, 0.2) is 0 Å². The molecule has 0 saturated carbocycles. The number of benzene rings is 3. The van der Waals surface area contributed by atoms with Crippen molar-refractivity contribution in [2.45, 2.75) is 20.3 Å². The van der Waals surface area contributed by atoms with Crippen LogP contribution in [0, 0.1) is 17.0 Å². The lowest BCUT2D eigenvalue weighted by molar-refractivity contribution is -0.385. The first-order chi connectivity index (χ1) is 14.3. The molecule has 0 aliphatic heterocycles. The molecule has 0 atom stereocenters. The molecule has 0 radical (unpaired) electrons. The quantitative estimate of drug-likeness (QED) is 0.364. The average Bonchev–Trinajstić information content (AvgIpc) is 2.72. The molecule has 152 valence electrons. The van der Waals surface area contributed by atoms with Crippen LogP contribution in [-0.2, 0) is 4.79 Å². The van der Waals surface area contributed by atoms with Gasteiger partial charge in [-0.15, -0.1) is 0 Å². The third-order valence-corrected chi connectivity index (χ3v) is 4.50. The zero-order valence-corrected chi connectivity index (χ0v) is 16.5. The second-order valence-corrected chi connectivity index (χ2v) is 6.80. The van der Waals surface area contributed by atoms with Crippen LogP contribution in [0.3, 0.4) is 0 Å². The first-order valence-electron chi connectivity index (χ1n) is 9.21. The third-order valence-electron chi connectivity index (χ3n) is 4.50. The van der Waals surface area contributed by atoms with Gasteiger partial charge in [-0.2, -0.15) is 5.10 Å². The number of nitro benzene ring substituents is 1. The molecule has 0 fully saturated rings. The summed E-state index contributed by atoms with van der Waals surface area (Å²) >= 11 is 0. The predicted molar refractivity (Wildman–Crippen MR) is 116 cm³/mol. The van der Waals surface area contributed by atoms with E-state index in [2.05, 4.69) is 15.8 Å². The highest BCUT2D eigenvalue weighted by atomic mass is 16.6. The van der Waals surface area contributed by atoms with Crippen LogP contribution in [0.5, 0.6) is 0 Å². The Morgan fingerprint density at radius 1 is 1.07 bits per heavy atom. The molecular weight excluding hydrogens is 384 g/mol. The molecule has 3 aromatic carbocycles. The summed E-state index contributed by atoms with van der Waals surface area (Å²) in [6.45, 7) is 3.21. The number of nitrogens with one attached hydrogen (secondary N) is 2. The number of hydrogen-bond donors (Lipinski definition) is 2. The Morgan fingerprint density at radius 2 is 1.80 bits per heavy atom. The molecule has 2 N–H and O–H groups in total. The molecule has 0 aliphatic carbocycles. The topological polar surface area (TPSA) is 114 Å². The van der Waals surface area contributed by atoms with Gasteiger partial charge in [0.1, 0.15) is 0 Å². The van der Waals surface area contributed by atoms with Crippen molar-refractivity contribution in [3.63, 3.8) is 0 Å². The van der Waals surface area contributed by atoms with Gasteiger partial charge in [-0.1, -0.05) is 42.5 Å². The largest absolute Gasteiger partial charge is 0.325 e. The normalized spacial score (nSPS) is 11.2. The number of carbonyl (C=O) groups is 2. The summed E-state index contributed by atoms with van der Waals surface area (Å²) in [7, 11) is 0. The number of carbonyl (C=O) groups excluding carboxylic acids is 2. The number of anilines is 1. The van der Waals surface area contributed by atoms with E-state index in [0.29, 0.717) is 17.0 Å². The van der Waals surface area contributed by atoms with Gasteiger partial charge in [0.2, 0.25) is 5.91 Å². The molecule has 0 bridgehead atoms. The Kier molecular flexibility index (Phi) is 6.17. The Bertz CT molecular complexity index is 1170. The van der Waals surface area contributed by atoms with Crippen molar-refractivity contribution in [2.24, 2.45) is 5.10 Å². The van der Waals surface area contributed by atoms with Crippen LogP contribution >= 0.6 is 0 Å². The molecular formula is C22H20N4O4. The van der Waals surface area contributed by atoms with E-state index in [0.717, 1.165) is 10.8 Å². The van der Waals surface area contributed by atoms with Crippen LogP contribution in [0.2, 0.25) is 0 Å². The highest BCUT2D eigenvalue weighted by molar-refractivity contribution is 6.09. The molecule has 0 spiro atoms. The van der Waals surface area contributed by atoms with E-state index in [9.17, 15) is 19.7 Å². The Morgan fingerprint density at radius 3 is 2.57 bits per heavy atom. The Hall–Kier alpha value is -4.07. The first kappa shape index (κ1) is 20.7. The molecule has 0 heterocycles. The number of rotatable bonds is 6. The molecule has 0 saturated heterocycles. The summed E-state index contributed by atoms with van der Waals surface area (Å²) in [5.41, 5.74) is 3.85. The van der Waals surface area contributed by atoms with Crippen LogP contribution in [0.15, 0.2) is 65.8 Å². The van der Waals surface area contributed by atoms with E-state index in [1.165, 1.54) is 18.2 Å². The van der Waals surface area contributed by atoms with Crippen molar-refractivity contribution < 1.29 is 14.5 Å². The summed E-state index contributed by atoms with van der Waals surface area (Å²) < 4.78 is 0. The number of hydrazone groups is 1. The fourth-order valence-electron chi connectivity index (χ4n) is 2.96. The highest BCUT2D eigenvalue weighted by Crippen LogP contribution is 2.23. The van der Waals surface area contributed by atoms with E-state index in [1.807, 2.05) is 42.5 Å². The van der Waals surface area contributed by atoms with Crippen LogP contribution in [0.1, 0.15) is 29.3 Å². The Balaban J connectivity index is 1.63. The lowest BCUT2D eigenvalue weighted by Gasteiger charge is -2.09. The number of fused-ring (bicyclic) bond motifs is 1. The molecule has 3 rings (SSSR count). The Labute approximate surface area is 172 Å². The van der Waals surface area contributed by atoms with Gasteiger partial charge in [-0.05, 0) is 31.4 Å². The molecule has 0 aromatic heterocycles. The van der Waals surface area contributed by atoms with Crippen molar-refractivity contribution in [2.75, 3.05) is 5.32 Å². The molecule has 0 aliphatic rings. The summed E-state index contributed by atoms with van der Waals surface area (Å²) in [5, 5.41) is 19.7. The standard InChI is InChI=1S/C22H20N4O4/c1-14-10-11-17(13-20(14)26(29)30)22(28)25-24-15(2)12-21(27)23-19-9-5-7-16-6-3-4-8-18(16)19/h3-11,13H,12H2,1-2H3,(H,23,27)(H,25,28)/b24-15+. The van der Waals surface area contributed by atoms with Gasteiger partial charge < -0.3 is 5.32 Å². The van der Waals surface area contributed by atoms with Crippen molar-refractivity contribution in [3.8, 4) is 0 Å². The smallest absolute Gasteiger partial charge is 0.273 e. The SMILES string of the molecule is C/C(CC(=O)Nc1cccc2ccccc12)=N\NC(=O)c1ccc(C)c([N+](=O)[O-])c1. The van der Waals surface area contributed by atoms with Gasteiger partial charge in [0.05, 0.1) is 11.3 Å². The zero-order chi connectivity index (χ0) is 21.7. The minimum atomic E-state index is -0.591. The van der Waals surface area contributed by atoms with Gasteiger partial charge >= 0.3 is 0 Å². The van der Waals surface area contributed by atoms with E-state index in [4.69, 9.17) is 0 Å². The van der Waals surface area contributed by atoms with E-state index in [1.54, 1.807) is 13.8 Å². The minimum Gasteiger partial charge on any atom is -0.325 e. The molecule has 0 unspecified atom stereocenters. The second kappa shape index (κ2) is 8.95. The van der Waals surface area contributed by atoms with E-state index < -0.39 is 10.8 Å². The average molecular weight is 404 g/mol. The number of aryl methyl sites for hydroxylation is 1. The third kappa shape index (κ3) is 4.85. The minimum absolute atomic E-state index is 0.0163. The summed E-state index contributed by atoms with van der Waals surface area (Å²) in [6.07, 6.45) is -0.0163. The number of amides is 2. The van der Waals surface area contributed by atoms with Crippen molar-refractivity contribution in [1.29, 1.82) is 0 Å². The molecule has 30 heavy (non-hydrogen) atoms. The van der Waals surface area contributed by atoms with Gasteiger partial charge in [-0.25, -0.2) is 5.43 Å². The number of nitrogens with zero attached hydrogens (tertiary/aromatic N) is 2. The maximum Gasteiger partial charge on any atom is 0.273 e. The first-order valence-corrected chi connectivity index (χ1v) is 9.21. The van der Waals surface area contributed by atoms with Gasteiger partial charge in [0.25, 0.3) is 11.6 Å². The van der Waals surface area contributed by atoms with Crippen molar-refractivity contribution >= 4 is 39.7 Å². The van der Waals surface area contributed by atoms with Crippen LogP contribution in [0.25, 0.3) is 10.8 Å². The molecule has 8 nitrogen and oxygen atoms in total. The monoisotopic (exact) mass is 404 g/mol. The summed E-state index contributed by atoms with van der Waals surface area (Å²) in [4.78, 5) is 35.1. The lowest BCUT2D eigenvalue weighted by Crippen LogP contribution is -2.21. The van der Waals surface area contributed by atoms with E-state index in [-0.39, 0.29) is 23.6 Å². The van der Waals surface area contributed by atoms with E-state index >= 15 is 0 Å². The molecule has 3 aromatic rings. The van der Waals surface area contributed by atoms with Crippen molar-refractivity contribution in [3.05, 3.63) is 81.9 Å². The van der Waals surface area contributed by atoms with Crippen LogP contribution in [-0.4, -0.2) is 22.4 Å². The number of hydrogen-bond acceptors (Lipinski definition) is 5. The zero-order valence-electron chi connectivity index (χ0n) is 16.5.